The third-order valence-corrected chi connectivity index (χ3v) is 7.79. The molecule has 0 bridgehead atoms. The molecule has 216 valence electrons. The molecule has 0 saturated carbocycles. The summed E-state index contributed by atoms with van der Waals surface area (Å²) in [6, 6.07) is 19.2. The number of hydrogen-bond donors (Lipinski definition) is 0. The van der Waals surface area contributed by atoms with E-state index in [2.05, 4.69) is 0 Å². The Bertz CT molecular complexity index is 1840. The predicted molar refractivity (Wildman–Crippen MR) is 160 cm³/mol. The molecule has 3 aromatic carbocycles. The number of rotatable bonds is 9. The fraction of sp³-hybridized carbons (Fsp3) is 0.219. The molecule has 1 unspecified atom stereocenters. The summed E-state index contributed by atoms with van der Waals surface area (Å²) in [5, 5.41) is 0. The SMILES string of the molecule is CCOC(=O)C1=C(c2ccccc2)N=c2s/c(=C\c3ccc(OC)c(OC)c3)c(=O)n2C1c1cccc(OC)c1OC. The van der Waals surface area contributed by atoms with Gasteiger partial charge in [-0.3, -0.25) is 9.36 Å². The summed E-state index contributed by atoms with van der Waals surface area (Å²) in [6.45, 7) is 1.89. The molecule has 1 atom stereocenters. The second kappa shape index (κ2) is 12.4. The van der Waals surface area contributed by atoms with Gasteiger partial charge in [0.25, 0.3) is 5.56 Å². The first-order chi connectivity index (χ1) is 20.4. The minimum Gasteiger partial charge on any atom is -0.493 e. The van der Waals surface area contributed by atoms with E-state index in [-0.39, 0.29) is 17.7 Å². The van der Waals surface area contributed by atoms with Crippen molar-refractivity contribution in [1.29, 1.82) is 0 Å². The highest BCUT2D eigenvalue weighted by Gasteiger charge is 2.37. The number of benzene rings is 3. The molecule has 2 heterocycles. The fourth-order valence-electron chi connectivity index (χ4n) is 4.96. The highest BCUT2D eigenvalue weighted by atomic mass is 32.1. The molecule has 1 aromatic heterocycles. The van der Waals surface area contributed by atoms with Gasteiger partial charge in [0.05, 0.1) is 50.8 Å². The first kappa shape index (κ1) is 28.7. The van der Waals surface area contributed by atoms with E-state index in [1.165, 1.54) is 30.1 Å². The first-order valence-corrected chi connectivity index (χ1v) is 14.0. The predicted octanol–water partition coefficient (Wildman–Crippen LogP) is 3.97. The van der Waals surface area contributed by atoms with Crippen molar-refractivity contribution in [3.63, 3.8) is 0 Å². The van der Waals surface area contributed by atoms with Gasteiger partial charge in [0.15, 0.2) is 27.8 Å². The number of nitrogens with zero attached hydrogens (tertiary/aromatic N) is 2. The lowest BCUT2D eigenvalue weighted by Gasteiger charge is -2.27. The van der Waals surface area contributed by atoms with E-state index >= 15 is 0 Å². The molecular formula is C32H30N2O7S. The van der Waals surface area contributed by atoms with Crippen LogP contribution in [0.1, 0.15) is 29.7 Å². The number of para-hydroxylation sites is 1. The van der Waals surface area contributed by atoms with Crippen LogP contribution in [0.25, 0.3) is 11.8 Å². The van der Waals surface area contributed by atoms with Crippen LogP contribution in [0.15, 0.2) is 82.1 Å². The van der Waals surface area contributed by atoms with Crippen molar-refractivity contribution in [3.05, 3.63) is 109 Å². The fourth-order valence-corrected chi connectivity index (χ4v) is 5.96. The molecule has 0 N–H and O–H groups in total. The maximum atomic E-state index is 14.2. The van der Waals surface area contributed by atoms with Crippen LogP contribution in [0, 0.1) is 0 Å². The third kappa shape index (κ3) is 5.16. The molecule has 0 fully saturated rings. The zero-order valence-corrected chi connectivity index (χ0v) is 24.7. The van der Waals surface area contributed by atoms with Crippen LogP contribution in [-0.4, -0.2) is 45.6 Å². The van der Waals surface area contributed by atoms with Crippen LogP contribution >= 0.6 is 11.3 Å². The largest absolute Gasteiger partial charge is 0.493 e. The van der Waals surface area contributed by atoms with E-state index in [4.69, 9.17) is 28.7 Å². The van der Waals surface area contributed by atoms with Crippen LogP contribution < -0.4 is 33.8 Å². The topological polar surface area (TPSA) is 97.6 Å². The van der Waals surface area contributed by atoms with Gasteiger partial charge in [-0.1, -0.05) is 59.9 Å². The van der Waals surface area contributed by atoms with Crippen molar-refractivity contribution < 1.29 is 28.5 Å². The zero-order chi connectivity index (χ0) is 29.8. The average Bonchev–Trinajstić information content (AvgIpc) is 3.34. The van der Waals surface area contributed by atoms with E-state index in [0.717, 1.165) is 5.56 Å². The van der Waals surface area contributed by atoms with Gasteiger partial charge >= 0.3 is 5.97 Å². The van der Waals surface area contributed by atoms with Gasteiger partial charge in [-0.15, -0.1) is 0 Å². The van der Waals surface area contributed by atoms with Gasteiger partial charge in [-0.2, -0.15) is 0 Å². The van der Waals surface area contributed by atoms with Crippen molar-refractivity contribution in [3.8, 4) is 23.0 Å². The number of carbonyl (C=O) groups is 1. The minimum absolute atomic E-state index is 0.149. The summed E-state index contributed by atoms with van der Waals surface area (Å²) in [7, 11) is 6.18. The Morgan fingerprint density at radius 2 is 1.64 bits per heavy atom. The summed E-state index contributed by atoms with van der Waals surface area (Å²) in [4.78, 5) is 33.2. The molecule has 4 aromatic rings. The second-order valence-electron chi connectivity index (χ2n) is 9.13. The molecule has 42 heavy (non-hydrogen) atoms. The number of fused-ring (bicyclic) bond motifs is 1. The van der Waals surface area contributed by atoms with Crippen molar-refractivity contribution in [1.82, 2.24) is 4.57 Å². The molecule has 1 aliphatic rings. The zero-order valence-electron chi connectivity index (χ0n) is 23.9. The average molecular weight is 587 g/mol. The number of thiazole rings is 1. The summed E-state index contributed by atoms with van der Waals surface area (Å²) >= 11 is 1.23. The molecule has 9 nitrogen and oxygen atoms in total. The van der Waals surface area contributed by atoms with Crippen molar-refractivity contribution in [2.45, 2.75) is 13.0 Å². The highest BCUT2D eigenvalue weighted by molar-refractivity contribution is 7.07. The molecule has 0 spiro atoms. The maximum absolute atomic E-state index is 14.2. The lowest BCUT2D eigenvalue weighted by atomic mass is 9.92. The smallest absolute Gasteiger partial charge is 0.338 e. The maximum Gasteiger partial charge on any atom is 0.338 e. The van der Waals surface area contributed by atoms with E-state index in [1.54, 1.807) is 51.5 Å². The molecule has 0 saturated heterocycles. The Labute approximate surface area is 246 Å². The standard InChI is InChI=1S/C32H30N2O7S/c1-6-41-31(36)26-27(20-11-8-7-9-12-20)33-32-34(28(26)21-13-10-14-23(38-3)29(21)40-5)30(35)25(42-32)18-19-15-16-22(37-2)24(17-19)39-4/h7-18,28H,6H2,1-5H3/b25-18-. The van der Waals surface area contributed by atoms with Crippen LogP contribution in [0.4, 0.5) is 0 Å². The van der Waals surface area contributed by atoms with Crippen molar-refractivity contribution in [2.75, 3.05) is 35.0 Å². The Kier molecular flexibility index (Phi) is 8.44. The van der Waals surface area contributed by atoms with Crippen molar-refractivity contribution in [2.24, 2.45) is 4.99 Å². The molecule has 10 heteroatoms. The van der Waals surface area contributed by atoms with Gasteiger partial charge in [0.2, 0.25) is 0 Å². The van der Waals surface area contributed by atoms with Crippen LogP contribution in [-0.2, 0) is 9.53 Å². The molecular weight excluding hydrogens is 556 g/mol. The third-order valence-electron chi connectivity index (χ3n) is 6.81. The Balaban J connectivity index is 1.85. The quantitative estimate of drug-likeness (QED) is 0.274. The lowest BCUT2D eigenvalue weighted by molar-refractivity contribution is -0.138. The minimum atomic E-state index is -0.909. The van der Waals surface area contributed by atoms with Gasteiger partial charge in [-0.05, 0) is 36.8 Å². The molecule has 0 aliphatic carbocycles. The van der Waals surface area contributed by atoms with Gasteiger partial charge < -0.3 is 23.7 Å². The summed E-state index contributed by atoms with van der Waals surface area (Å²) in [5.41, 5.74) is 2.33. The summed E-state index contributed by atoms with van der Waals surface area (Å²) in [5.74, 6) is 1.39. The Morgan fingerprint density at radius 1 is 0.905 bits per heavy atom. The second-order valence-corrected chi connectivity index (χ2v) is 10.1. The number of methoxy groups -OCH3 is 4. The molecule has 0 amide bonds. The number of esters is 1. The van der Waals surface area contributed by atoms with Gasteiger partial charge in [0, 0.05) is 11.1 Å². The summed E-state index contributed by atoms with van der Waals surface area (Å²) < 4.78 is 29.6. The van der Waals surface area contributed by atoms with Crippen molar-refractivity contribution >= 4 is 29.1 Å². The molecule has 1 aliphatic heterocycles. The Morgan fingerprint density at radius 3 is 2.31 bits per heavy atom. The normalized spacial score (nSPS) is 14.6. The monoisotopic (exact) mass is 586 g/mol. The van der Waals surface area contributed by atoms with Gasteiger partial charge in [-0.25, -0.2) is 9.79 Å². The van der Waals surface area contributed by atoms with E-state index < -0.39 is 12.0 Å². The van der Waals surface area contributed by atoms with E-state index in [9.17, 15) is 9.59 Å². The molecule has 5 rings (SSSR count). The summed E-state index contributed by atoms with van der Waals surface area (Å²) in [6.07, 6.45) is 1.77. The van der Waals surface area contributed by atoms with E-state index in [1.807, 2.05) is 42.5 Å². The first-order valence-electron chi connectivity index (χ1n) is 13.2. The number of ether oxygens (including phenoxy) is 5. The van der Waals surface area contributed by atoms with E-state index in [0.29, 0.717) is 49.2 Å². The van der Waals surface area contributed by atoms with Crippen LogP contribution in [0.2, 0.25) is 0 Å². The lowest BCUT2D eigenvalue weighted by Crippen LogP contribution is -2.40. The van der Waals surface area contributed by atoms with Crippen LogP contribution in [0.5, 0.6) is 23.0 Å². The molecule has 0 radical (unpaired) electrons. The Hall–Kier alpha value is -4.83. The number of aromatic nitrogens is 1. The van der Waals surface area contributed by atoms with Crippen LogP contribution in [0.3, 0.4) is 0 Å². The van der Waals surface area contributed by atoms with Gasteiger partial charge in [0.1, 0.15) is 6.04 Å². The highest BCUT2D eigenvalue weighted by Crippen LogP contribution is 2.42. The number of carbonyl (C=O) groups excluding carboxylic acids is 1. The number of hydrogen-bond acceptors (Lipinski definition) is 9.